The highest BCUT2D eigenvalue weighted by molar-refractivity contribution is 9.10. The number of amides is 3. The minimum absolute atomic E-state index is 0.215. The molecule has 0 aliphatic carbocycles. The molecule has 0 aliphatic heterocycles. The summed E-state index contributed by atoms with van der Waals surface area (Å²) >= 11 is 3.51. The molecule has 11 heteroatoms. The van der Waals surface area contributed by atoms with Crippen molar-refractivity contribution in [3.8, 4) is 11.1 Å². The number of H-pyrrole nitrogens is 1. The number of hydrogen-bond acceptors (Lipinski definition) is 4. The number of unbranched alkanes of at least 4 members (excludes halogenated alkanes) is 5. The molecule has 0 saturated heterocycles. The fraction of sp³-hybridized carbons (Fsp3) is 0.300. The van der Waals surface area contributed by atoms with Crippen molar-refractivity contribution < 1.29 is 14.4 Å². The highest BCUT2D eigenvalue weighted by Gasteiger charge is 2.26. The van der Waals surface area contributed by atoms with Gasteiger partial charge in [-0.25, -0.2) is 0 Å². The first kappa shape index (κ1) is 37.1. The summed E-state index contributed by atoms with van der Waals surface area (Å²) in [5.74, 6) is -1.23. The molecule has 5 aromatic rings. The van der Waals surface area contributed by atoms with Crippen molar-refractivity contribution >= 4 is 61.3 Å². The van der Waals surface area contributed by atoms with Gasteiger partial charge >= 0.3 is 0 Å². The third-order valence-corrected chi connectivity index (χ3v) is 9.46. The van der Waals surface area contributed by atoms with Crippen LogP contribution < -0.4 is 27.0 Å². The zero-order valence-corrected chi connectivity index (χ0v) is 30.5. The lowest BCUT2D eigenvalue weighted by atomic mass is 9.89. The fourth-order valence-corrected chi connectivity index (χ4v) is 6.69. The van der Waals surface area contributed by atoms with Gasteiger partial charge in [0.2, 0.25) is 11.8 Å². The molecule has 0 saturated carbocycles. The van der Waals surface area contributed by atoms with Crippen molar-refractivity contribution in [1.29, 1.82) is 5.41 Å². The number of primary amides is 1. The van der Waals surface area contributed by atoms with E-state index in [-0.39, 0.29) is 36.0 Å². The lowest BCUT2D eigenvalue weighted by molar-refractivity contribution is -0.122. The van der Waals surface area contributed by atoms with Crippen LogP contribution in [0.25, 0.3) is 32.8 Å². The molecule has 51 heavy (non-hydrogen) atoms. The Kier molecular flexibility index (Phi) is 13.2. The summed E-state index contributed by atoms with van der Waals surface area (Å²) in [6.45, 7) is 3.52. The minimum Gasteiger partial charge on any atom is -0.366 e. The summed E-state index contributed by atoms with van der Waals surface area (Å²) in [7, 11) is 0. The first-order valence-corrected chi connectivity index (χ1v) is 18.4. The molecular formula is C40H46BrN7O3. The number of carbonyl (C=O) groups is 3. The number of nitrogens with two attached hydrogens (primary N) is 1. The topological polar surface area (TPSA) is 165 Å². The molecule has 8 N–H and O–H groups in total. The van der Waals surface area contributed by atoms with E-state index in [9.17, 15) is 14.4 Å². The number of rotatable bonds is 17. The van der Waals surface area contributed by atoms with E-state index in [2.05, 4.69) is 49.1 Å². The molecule has 0 radical (unpaired) electrons. The van der Waals surface area contributed by atoms with Crippen molar-refractivity contribution in [2.24, 2.45) is 5.73 Å². The van der Waals surface area contributed by atoms with Gasteiger partial charge < -0.3 is 32.0 Å². The van der Waals surface area contributed by atoms with Crippen LogP contribution in [0, 0.1) is 5.41 Å². The van der Waals surface area contributed by atoms with Crippen molar-refractivity contribution in [2.75, 3.05) is 19.6 Å². The number of aromatic nitrogens is 1. The smallest absolute Gasteiger partial charge is 0.252 e. The van der Waals surface area contributed by atoms with E-state index in [1.54, 1.807) is 18.2 Å². The van der Waals surface area contributed by atoms with E-state index >= 15 is 0 Å². The number of aromatic amines is 1. The van der Waals surface area contributed by atoms with Gasteiger partial charge in [0, 0.05) is 64.3 Å². The maximum atomic E-state index is 14.2. The second-order valence-corrected chi connectivity index (χ2v) is 13.6. The Morgan fingerprint density at radius 3 is 2.31 bits per heavy atom. The second kappa shape index (κ2) is 18.2. The SMILES string of the molecule is CCCCCCCCNC(=N)NCCNC(=O)C(Cc1c[nH]c2ccccc12)NC(=O)c1cc(Br)ccc1-c1c(C(N)=O)ccc2ccccc12. The summed E-state index contributed by atoms with van der Waals surface area (Å²) in [5.41, 5.74) is 9.29. The Morgan fingerprint density at radius 2 is 1.51 bits per heavy atom. The van der Waals surface area contributed by atoms with Gasteiger partial charge in [-0.05, 0) is 52.6 Å². The molecule has 5 rings (SSSR count). The van der Waals surface area contributed by atoms with E-state index in [0.29, 0.717) is 22.1 Å². The zero-order chi connectivity index (χ0) is 36.2. The zero-order valence-electron chi connectivity index (χ0n) is 28.9. The molecule has 10 nitrogen and oxygen atoms in total. The number of nitrogens with one attached hydrogen (secondary N) is 6. The molecule has 266 valence electrons. The van der Waals surface area contributed by atoms with Gasteiger partial charge in [-0.1, -0.05) is 110 Å². The van der Waals surface area contributed by atoms with Crippen LogP contribution in [0.3, 0.4) is 0 Å². The molecule has 0 bridgehead atoms. The summed E-state index contributed by atoms with van der Waals surface area (Å²) < 4.78 is 0.661. The first-order chi connectivity index (χ1) is 24.8. The number of hydrogen-bond donors (Lipinski definition) is 7. The molecule has 1 unspecified atom stereocenters. The summed E-state index contributed by atoms with van der Waals surface area (Å²) in [5, 5.41) is 22.8. The van der Waals surface area contributed by atoms with E-state index in [1.165, 1.54) is 25.7 Å². The predicted molar refractivity (Wildman–Crippen MR) is 209 cm³/mol. The average Bonchev–Trinajstić information content (AvgIpc) is 3.54. The lowest BCUT2D eigenvalue weighted by Gasteiger charge is -2.21. The van der Waals surface area contributed by atoms with Gasteiger partial charge in [0.05, 0.1) is 0 Å². The van der Waals surface area contributed by atoms with Crippen molar-refractivity contribution in [3.63, 3.8) is 0 Å². The molecule has 1 atom stereocenters. The van der Waals surface area contributed by atoms with E-state index in [1.807, 2.05) is 66.9 Å². The van der Waals surface area contributed by atoms with E-state index in [4.69, 9.17) is 11.1 Å². The number of fused-ring (bicyclic) bond motifs is 2. The molecular weight excluding hydrogens is 706 g/mol. The van der Waals surface area contributed by atoms with Crippen LogP contribution in [-0.2, 0) is 11.2 Å². The molecule has 4 aromatic carbocycles. The molecule has 1 aromatic heterocycles. The minimum atomic E-state index is -0.933. The van der Waals surface area contributed by atoms with E-state index < -0.39 is 17.9 Å². The standard InChI is InChI=1S/C40H46BrN7O3/c1-2-3-4-5-6-11-20-45-40(43)46-22-21-44-39(51)35(23-27-25-47-34-15-10-9-13-29(27)34)48-38(50)33-24-28(41)17-19-31(33)36-30-14-8-7-12-26(30)16-18-32(36)37(42)49/h7-10,12-19,24-25,35,47H,2-6,11,20-23H2,1H3,(H2,42,49)(H,44,51)(H,48,50)(H3,43,45,46). The summed E-state index contributed by atoms with van der Waals surface area (Å²) in [6.07, 6.45) is 9.16. The first-order valence-electron chi connectivity index (χ1n) is 17.6. The van der Waals surface area contributed by atoms with Crippen LogP contribution in [0.2, 0.25) is 0 Å². The van der Waals surface area contributed by atoms with Gasteiger partial charge in [0.15, 0.2) is 5.96 Å². The average molecular weight is 753 g/mol. The number of guanidine groups is 1. The van der Waals surface area contributed by atoms with Gasteiger partial charge in [-0.15, -0.1) is 0 Å². The Hall–Kier alpha value is -5.16. The third-order valence-electron chi connectivity index (χ3n) is 8.97. The molecule has 0 spiro atoms. The highest BCUT2D eigenvalue weighted by atomic mass is 79.9. The van der Waals surface area contributed by atoms with Crippen molar-refractivity contribution in [3.05, 3.63) is 106 Å². The molecule has 3 amide bonds. The summed E-state index contributed by atoms with van der Waals surface area (Å²) in [4.78, 5) is 43.9. The second-order valence-electron chi connectivity index (χ2n) is 12.6. The van der Waals surface area contributed by atoms with Crippen LogP contribution in [0.4, 0.5) is 0 Å². The largest absolute Gasteiger partial charge is 0.366 e. The van der Waals surface area contributed by atoms with Crippen molar-refractivity contribution in [2.45, 2.75) is 57.9 Å². The van der Waals surface area contributed by atoms with Crippen LogP contribution >= 0.6 is 15.9 Å². The van der Waals surface area contributed by atoms with Gasteiger partial charge in [-0.3, -0.25) is 19.8 Å². The van der Waals surface area contributed by atoms with Gasteiger partial charge in [0.25, 0.3) is 5.91 Å². The number of para-hydroxylation sites is 1. The molecule has 0 fully saturated rings. The number of halogens is 1. The Bertz CT molecular complexity index is 2010. The van der Waals surface area contributed by atoms with Crippen LogP contribution in [0.1, 0.15) is 71.7 Å². The Balaban J connectivity index is 1.33. The maximum absolute atomic E-state index is 14.2. The third kappa shape index (κ3) is 9.76. The van der Waals surface area contributed by atoms with Crippen LogP contribution in [0.5, 0.6) is 0 Å². The Morgan fingerprint density at radius 1 is 0.804 bits per heavy atom. The maximum Gasteiger partial charge on any atom is 0.252 e. The van der Waals surface area contributed by atoms with Crippen LogP contribution in [-0.4, -0.2) is 54.3 Å². The predicted octanol–water partition coefficient (Wildman–Crippen LogP) is 6.78. The summed E-state index contributed by atoms with van der Waals surface area (Å²) in [6, 6.07) is 23.3. The van der Waals surface area contributed by atoms with Gasteiger partial charge in [0.1, 0.15) is 6.04 Å². The fourth-order valence-electron chi connectivity index (χ4n) is 6.33. The van der Waals surface area contributed by atoms with Gasteiger partial charge in [-0.2, -0.15) is 0 Å². The number of carbonyl (C=O) groups excluding carboxylic acids is 3. The highest BCUT2D eigenvalue weighted by Crippen LogP contribution is 2.36. The Labute approximate surface area is 307 Å². The molecule has 1 heterocycles. The quantitative estimate of drug-likeness (QED) is 0.0316. The molecule has 0 aliphatic rings. The monoisotopic (exact) mass is 751 g/mol. The van der Waals surface area contributed by atoms with Crippen molar-refractivity contribution in [1.82, 2.24) is 26.3 Å². The normalized spacial score (nSPS) is 11.6. The number of benzene rings is 4. The lowest BCUT2D eigenvalue weighted by Crippen LogP contribution is -2.50. The van der Waals surface area contributed by atoms with E-state index in [0.717, 1.165) is 46.6 Å². The van der Waals surface area contributed by atoms with Crippen LogP contribution in [0.15, 0.2) is 89.5 Å².